The molecule has 0 aromatic heterocycles. The highest BCUT2D eigenvalue weighted by Gasteiger charge is 2.03. The normalized spacial score (nSPS) is 12.4. The predicted octanol–water partition coefficient (Wildman–Crippen LogP) is 3.47. The highest BCUT2D eigenvalue weighted by atomic mass is 16.1. The van der Waals surface area contributed by atoms with E-state index >= 15 is 0 Å². The third-order valence-corrected chi connectivity index (χ3v) is 2.25. The predicted molar refractivity (Wildman–Crippen MR) is 67.3 cm³/mol. The highest BCUT2D eigenvalue weighted by Crippen LogP contribution is 2.09. The number of carbonyl (C=O) groups excluding carboxylic acids is 2. The van der Waals surface area contributed by atoms with Crippen LogP contribution in [0.4, 0.5) is 0 Å². The second-order valence-corrected chi connectivity index (χ2v) is 4.45. The summed E-state index contributed by atoms with van der Waals surface area (Å²) in [6.45, 7) is 7.33. The lowest BCUT2D eigenvalue weighted by molar-refractivity contribution is -0.117. The number of rotatable bonds is 7. The molecule has 0 radical (unpaired) electrons. The minimum absolute atomic E-state index is 0.0764. The molecule has 0 heterocycles. The lowest BCUT2D eigenvalue weighted by Crippen LogP contribution is -2.03. The summed E-state index contributed by atoms with van der Waals surface area (Å²) in [5.41, 5.74) is 1.12. The van der Waals surface area contributed by atoms with E-state index in [1.165, 1.54) is 0 Å². The van der Waals surface area contributed by atoms with Crippen LogP contribution < -0.4 is 0 Å². The molecular formula is C14H22O2. The fourth-order valence-electron chi connectivity index (χ4n) is 1.23. The SMILES string of the molecule is CC(=O)/C=C/CCC/C(C)=C/C(=O)C(C)C. The fourth-order valence-corrected chi connectivity index (χ4v) is 1.23. The Labute approximate surface area is 98.4 Å². The average molecular weight is 222 g/mol. The van der Waals surface area contributed by atoms with Crippen molar-refractivity contribution in [1.29, 1.82) is 0 Å². The van der Waals surface area contributed by atoms with Crippen molar-refractivity contribution in [3.05, 3.63) is 23.8 Å². The van der Waals surface area contributed by atoms with E-state index in [0.29, 0.717) is 0 Å². The smallest absolute Gasteiger partial charge is 0.158 e. The Morgan fingerprint density at radius 3 is 2.31 bits per heavy atom. The van der Waals surface area contributed by atoms with E-state index in [-0.39, 0.29) is 17.5 Å². The van der Waals surface area contributed by atoms with Gasteiger partial charge >= 0.3 is 0 Å². The van der Waals surface area contributed by atoms with Gasteiger partial charge in [0.1, 0.15) is 0 Å². The van der Waals surface area contributed by atoms with Crippen molar-refractivity contribution in [2.45, 2.75) is 47.0 Å². The van der Waals surface area contributed by atoms with E-state index in [0.717, 1.165) is 24.8 Å². The summed E-state index contributed by atoms with van der Waals surface area (Å²) in [4.78, 5) is 22.0. The summed E-state index contributed by atoms with van der Waals surface area (Å²) in [7, 11) is 0. The van der Waals surface area contributed by atoms with Crippen molar-refractivity contribution >= 4 is 11.6 Å². The second-order valence-electron chi connectivity index (χ2n) is 4.45. The van der Waals surface area contributed by atoms with Crippen LogP contribution >= 0.6 is 0 Å². The van der Waals surface area contributed by atoms with Gasteiger partial charge in [0.05, 0.1) is 0 Å². The van der Waals surface area contributed by atoms with E-state index in [1.807, 2.05) is 26.8 Å². The molecule has 0 aliphatic heterocycles. The van der Waals surface area contributed by atoms with Gasteiger partial charge in [-0.2, -0.15) is 0 Å². The fraction of sp³-hybridized carbons (Fsp3) is 0.571. The standard InChI is InChI=1S/C14H22O2/c1-11(2)14(16)10-12(3)8-6-5-7-9-13(4)15/h7,9-11H,5-6,8H2,1-4H3/b9-7+,12-10+. The Kier molecular flexibility index (Phi) is 7.44. The molecule has 0 aliphatic carbocycles. The van der Waals surface area contributed by atoms with Crippen LogP contribution in [-0.4, -0.2) is 11.6 Å². The number of carbonyl (C=O) groups is 2. The first-order valence-electron chi connectivity index (χ1n) is 5.81. The van der Waals surface area contributed by atoms with E-state index in [9.17, 15) is 9.59 Å². The van der Waals surface area contributed by atoms with Crippen LogP contribution in [-0.2, 0) is 9.59 Å². The molecule has 0 aliphatic rings. The minimum atomic E-state index is 0.0764. The zero-order valence-electron chi connectivity index (χ0n) is 10.7. The molecule has 0 saturated heterocycles. The molecule has 0 fully saturated rings. The summed E-state index contributed by atoms with van der Waals surface area (Å²) < 4.78 is 0. The van der Waals surface area contributed by atoms with Gasteiger partial charge in [0.15, 0.2) is 11.6 Å². The van der Waals surface area contributed by atoms with Crippen LogP contribution in [0.2, 0.25) is 0 Å². The van der Waals surface area contributed by atoms with Crippen LogP contribution in [0.3, 0.4) is 0 Å². The maximum absolute atomic E-state index is 11.4. The van der Waals surface area contributed by atoms with E-state index in [2.05, 4.69) is 0 Å². The molecule has 0 unspecified atom stereocenters. The van der Waals surface area contributed by atoms with Gasteiger partial charge in [-0.15, -0.1) is 0 Å². The zero-order chi connectivity index (χ0) is 12.6. The summed E-state index contributed by atoms with van der Waals surface area (Å²) in [6, 6.07) is 0. The van der Waals surface area contributed by atoms with Gasteiger partial charge < -0.3 is 0 Å². The van der Waals surface area contributed by atoms with Crippen molar-refractivity contribution in [2.24, 2.45) is 5.92 Å². The molecule has 0 bridgehead atoms. The van der Waals surface area contributed by atoms with Gasteiger partial charge in [-0.3, -0.25) is 9.59 Å². The molecule has 0 rings (SSSR count). The van der Waals surface area contributed by atoms with Crippen LogP contribution in [0.15, 0.2) is 23.8 Å². The van der Waals surface area contributed by atoms with Gasteiger partial charge in [-0.05, 0) is 45.3 Å². The molecule has 0 saturated carbocycles. The first-order valence-corrected chi connectivity index (χ1v) is 5.81. The first kappa shape index (κ1) is 14.8. The Morgan fingerprint density at radius 1 is 1.19 bits per heavy atom. The van der Waals surface area contributed by atoms with Crippen molar-refractivity contribution in [1.82, 2.24) is 0 Å². The summed E-state index contributed by atoms with van der Waals surface area (Å²) >= 11 is 0. The first-order chi connectivity index (χ1) is 7.43. The molecule has 0 N–H and O–H groups in total. The van der Waals surface area contributed by atoms with Gasteiger partial charge in [0.25, 0.3) is 0 Å². The van der Waals surface area contributed by atoms with Gasteiger partial charge in [-0.25, -0.2) is 0 Å². The molecule has 16 heavy (non-hydrogen) atoms. The third kappa shape index (κ3) is 8.16. The van der Waals surface area contributed by atoms with Gasteiger partial charge in [0.2, 0.25) is 0 Å². The highest BCUT2D eigenvalue weighted by molar-refractivity contribution is 5.91. The topological polar surface area (TPSA) is 34.1 Å². The van der Waals surface area contributed by atoms with Crippen LogP contribution in [0, 0.1) is 5.92 Å². The molecule has 0 aromatic carbocycles. The largest absolute Gasteiger partial charge is 0.295 e. The lowest BCUT2D eigenvalue weighted by Gasteiger charge is -2.01. The van der Waals surface area contributed by atoms with Gasteiger partial charge in [0, 0.05) is 5.92 Å². The molecule has 0 amide bonds. The third-order valence-electron chi connectivity index (χ3n) is 2.25. The number of allylic oxidation sites excluding steroid dienone is 4. The molecule has 2 heteroatoms. The zero-order valence-corrected chi connectivity index (χ0v) is 10.7. The molecule has 90 valence electrons. The molecule has 0 aromatic rings. The van der Waals surface area contributed by atoms with Crippen molar-refractivity contribution in [3.63, 3.8) is 0 Å². The number of hydrogen-bond acceptors (Lipinski definition) is 2. The van der Waals surface area contributed by atoms with Crippen molar-refractivity contribution in [3.8, 4) is 0 Å². The second kappa shape index (κ2) is 8.03. The number of hydrogen-bond donors (Lipinski definition) is 0. The summed E-state index contributed by atoms with van der Waals surface area (Å²) in [5.74, 6) is 0.353. The van der Waals surface area contributed by atoms with Gasteiger partial charge in [-0.1, -0.05) is 25.5 Å². The number of unbranched alkanes of at least 4 members (excludes halogenated alkanes) is 1. The Bertz CT molecular complexity index is 296. The monoisotopic (exact) mass is 222 g/mol. The Balaban J connectivity index is 3.85. The molecular weight excluding hydrogens is 200 g/mol. The van der Waals surface area contributed by atoms with Crippen molar-refractivity contribution in [2.75, 3.05) is 0 Å². The quantitative estimate of drug-likeness (QED) is 0.488. The van der Waals surface area contributed by atoms with Crippen LogP contribution in [0.25, 0.3) is 0 Å². The van der Waals surface area contributed by atoms with E-state index in [4.69, 9.17) is 0 Å². The van der Waals surface area contributed by atoms with E-state index < -0.39 is 0 Å². The van der Waals surface area contributed by atoms with Crippen LogP contribution in [0.5, 0.6) is 0 Å². The lowest BCUT2D eigenvalue weighted by atomic mass is 10.0. The Hall–Kier alpha value is -1.18. The molecule has 2 nitrogen and oxygen atoms in total. The number of ketones is 2. The average Bonchev–Trinajstić information content (AvgIpc) is 2.16. The van der Waals surface area contributed by atoms with Crippen molar-refractivity contribution < 1.29 is 9.59 Å². The maximum atomic E-state index is 11.4. The molecule has 0 spiro atoms. The van der Waals surface area contributed by atoms with Crippen LogP contribution in [0.1, 0.15) is 47.0 Å². The Morgan fingerprint density at radius 2 is 1.81 bits per heavy atom. The molecule has 0 atom stereocenters. The summed E-state index contributed by atoms with van der Waals surface area (Å²) in [5, 5.41) is 0. The maximum Gasteiger partial charge on any atom is 0.158 e. The van der Waals surface area contributed by atoms with E-state index in [1.54, 1.807) is 19.1 Å². The summed E-state index contributed by atoms with van der Waals surface area (Å²) in [6.07, 6.45) is 8.01. The minimum Gasteiger partial charge on any atom is -0.295 e.